The highest BCUT2D eigenvalue weighted by molar-refractivity contribution is 5.79. The third-order valence-corrected chi connectivity index (χ3v) is 7.67. The molecule has 0 radical (unpaired) electrons. The lowest BCUT2D eigenvalue weighted by Crippen LogP contribution is -2.36. The maximum Gasteiger partial charge on any atom is 0.231 e. The summed E-state index contributed by atoms with van der Waals surface area (Å²) in [4.78, 5) is 28.9. The number of hydrogen-bond donors (Lipinski definition) is 0. The molecule has 42 heavy (non-hydrogen) atoms. The van der Waals surface area contributed by atoms with Gasteiger partial charge in [-0.15, -0.1) is 0 Å². The first-order chi connectivity index (χ1) is 20.5. The quantitative estimate of drug-likeness (QED) is 0.248. The van der Waals surface area contributed by atoms with Crippen LogP contribution in [-0.2, 0) is 4.79 Å². The molecule has 1 aliphatic heterocycles. The van der Waals surface area contributed by atoms with Gasteiger partial charge in [-0.1, -0.05) is 25.1 Å². The number of aliphatic carboxylic acids is 1. The number of fused-ring (bicyclic) bond motifs is 2. The summed E-state index contributed by atoms with van der Waals surface area (Å²) >= 11 is 0. The Morgan fingerprint density at radius 3 is 2.55 bits per heavy atom. The Morgan fingerprint density at radius 1 is 0.952 bits per heavy atom. The lowest BCUT2D eigenvalue weighted by Gasteiger charge is -2.28. The highest BCUT2D eigenvalue weighted by Gasteiger charge is 2.45. The van der Waals surface area contributed by atoms with Gasteiger partial charge in [-0.05, 0) is 59.5 Å². The second-order valence-electron chi connectivity index (χ2n) is 10.1. The molecular formula is C33H28NO8-. The van der Waals surface area contributed by atoms with Crippen LogP contribution in [0, 0.1) is 5.92 Å². The van der Waals surface area contributed by atoms with Crippen molar-refractivity contribution in [3.8, 4) is 34.5 Å². The van der Waals surface area contributed by atoms with Gasteiger partial charge in [0.15, 0.2) is 23.5 Å². The van der Waals surface area contributed by atoms with E-state index in [1.54, 1.807) is 30.3 Å². The number of carbonyl (C=O) groups excluding carboxylic acids is 2. The number of pyridine rings is 1. The van der Waals surface area contributed by atoms with E-state index >= 15 is 0 Å². The molecule has 0 N–H and O–H groups in total. The van der Waals surface area contributed by atoms with Crippen LogP contribution in [0.15, 0.2) is 73.1 Å². The number of ether oxygens (including phenoxy) is 5. The number of aldehydes is 1. The van der Waals surface area contributed by atoms with E-state index in [4.69, 9.17) is 23.7 Å². The van der Waals surface area contributed by atoms with Crippen molar-refractivity contribution < 1.29 is 38.4 Å². The van der Waals surface area contributed by atoms with Crippen LogP contribution in [0.2, 0.25) is 0 Å². The van der Waals surface area contributed by atoms with Crippen molar-refractivity contribution in [1.29, 1.82) is 0 Å². The Morgan fingerprint density at radius 2 is 1.76 bits per heavy atom. The van der Waals surface area contributed by atoms with Gasteiger partial charge in [0.05, 0.1) is 25.5 Å². The van der Waals surface area contributed by atoms with E-state index in [0.29, 0.717) is 52.8 Å². The minimum atomic E-state index is -1.22. The van der Waals surface area contributed by atoms with Gasteiger partial charge in [-0.3, -0.25) is 9.78 Å². The average molecular weight is 567 g/mol. The molecule has 214 valence electrons. The molecule has 9 heteroatoms. The second kappa shape index (κ2) is 11.4. The van der Waals surface area contributed by atoms with Crippen LogP contribution in [0.3, 0.4) is 0 Å². The molecule has 0 spiro atoms. The highest BCUT2D eigenvalue weighted by atomic mass is 16.7. The van der Waals surface area contributed by atoms with E-state index in [1.165, 1.54) is 19.5 Å². The Labute approximate surface area is 242 Å². The standard InChI is InChI=1S/C33H29NO8/c1-3-12-39-22-6-7-23-25(14-22)31(32(33(36)37)30(23)19-4-9-26-28(13-19)41-18-40-26)24-8-5-21(38-2)15-27(24)42-29-16-34-11-10-20(29)17-35/h4-11,13-17,30-32H,3,12,18H2,1-2H3,(H,36,37)/p-1. The van der Waals surface area contributed by atoms with E-state index in [-0.39, 0.29) is 12.5 Å². The first-order valence-corrected chi connectivity index (χ1v) is 13.6. The second-order valence-corrected chi connectivity index (χ2v) is 10.1. The SMILES string of the molecule is CCCOc1ccc2c(c1)C(c1ccc(OC)cc1Oc1cnccc1C=O)C(C(=O)[O-])C2c1ccc2c(c1)OCO2. The van der Waals surface area contributed by atoms with Gasteiger partial charge in [0, 0.05) is 41.5 Å². The zero-order valence-corrected chi connectivity index (χ0v) is 23.1. The molecule has 2 heterocycles. The number of hydrogen-bond acceptors (Lipinski definition) is 9. The van der Waals surface area contributed by atoms with Crippen LogP contribution in [-0.4, -0.2) is 37.7 Å². The number of aromatic nitrogens is 1. The number of methoxy groups -OCH3 is 1. The van der Waals surface area contributed by atoms with Crippen LogP contribution in [0.1, 0.15) is 57.8 Å². The highest BCUT2D eigenvalue weighted by Crippen LogP contribution is 2.56. The van der Waals surface area contributed by atoms with Crippen LogP contribution >= 0.6 is 0 Å². The summed E-state index contributed by atoms with van der Waals surface area (Å²) in [5.41, 5.74) is 3.25. The van der Waals surface area contributed by atoms with Gasteiger partial charge >= 0.3 is 0 Å². The number of carbonyl (C=O) groups is 2. The lowest BCUT2D eigenvalue weighted by atomic mass is 9.79. The molecule has 0 saturated heterocycles. The molecule has 3 aromatic carbocycles. The van der Waals surface area contributed by atoms with E-state index in [1.807, 2.05) is 37.3 Å². The fourth-order valence-corrected chi connectivity index (χ4v) is 5.80. The van der Waals surface area contributed by atoms with Crippen LogP contribution < -0.4 is 28.8 Å². The van der Waals surface area contributed by atoms with E-state index in [0.717, 1.165) is 23.1 Å². The van der Waals surface area contributed by atoms with Crippen LogP contribution in [0.25, 0.3) is 0 Å². The van der Waals surface area contributed by atoms with Crippen molar-refractivity contribution in [3.05, 3.63) is 101 Å². The maximum absolute atomic E-state index is 13.1. The summed E-state index contributed by atoms with van der Waals surface area (Å²) in [5, 5.41) is 13.1. The molecule has 0 amide bonds. The van der Waals surface area contributed by atoms with Gasteiger partial charge in [0.2, 0.25) is 6.79 Å². The fraction of sp³-hybridized carbons (Fsp3) is 0.242. The van der Waals surface area contributed by atoms with E-state index in [2.05, 4.69) is 4.98 Å². The molecule has 1 aromatic heterocycles. The van der Waals surface area contributed by atoms with Gasteiger partial charge in [-0.2, -0.15) is 0 Å². The topological polar surface area (TPSA) is 116 Å². The van der Waals surface area contributed by atoms with Gasteiger partial charge in [-0.25, -0.2) is 0 Å². The van der Waals surface area contributed by atoms with Crippen molar-refractivity contribution in [2.75, 3.05) is 20.5 Å². The normalized spacial score (nSPS) is 18.3. The predicted octanol–water partition coefficient (Wildman–Crippen LogP) is 4.86. The molecule has 2 aliphatic rings. The van der Waals surface area contributed by atoms with E-state index < -0.39 is 23.7 Å². The molecule has 0 saturated carbocycles. The Hall–Kier alpha value is -5.05. The molecule has 3 unspecified atom stereocenters. The minimum absolute atomic E-state index is 0.106. The zero-order chi connectivity index (χ0) is 29.2. The van der Waals surface area contributed by atoms with E-state index in [9.17, 15) is 14.7 Å². The zero-order valence-electron chi connectivity index (χ0n) is 23.1. The summed E-state index contributed by atoms with van der Waals surface area (Å²) in [5.74, 6) is -0.623. The van der Waals surface area contributed by atoms with Gasteiger partial charge in [0.25, 0.3) is 0 Å². The molecule has 0 bridgehead atoms. The van der Waals surface area contributed by atoms with Gasteiger partial charge in [0.1, 0.15) is 17.2 Å². The summed E-state index contributed by atoms with van der Waals surface area (Å²) in [7, 11) is 1.53. The lowest BCUT2D eigenvalue weighted by molar-refractivity contribution is -0.312. The number of carboxylic acid groups (broad SMARTS) is 1. The van der Waals surface area contributed by atoms with Crippen molar-refractivity contribution in [2.24, 2.45) is 5.92 Å². The maximum atomic E-state index is 13.1. The molecule has 0 fully saturated rings. The molecule has 4 aromatic rings. The third kappa shape index (κ3) is 4.87. The molecule has 6 rings (SSSR count). The molecule has 9 nitrogen and oxygen atoms in total. The Bertz CT molecular complexity index is 1650. The number of carboxylic acids is 1. The Kier molecular flexibility index (Phi) is 7.39. The fourth-order valence-electron chi connectivity index (χ4n) is 5.80. The van der Waals surface area contributed by atoms with Crippen molar-refractivity contribution in [3.63, 3.8) is 0 Å². The predicted molar refractivity (Wildman–Crippen MR) is 150 cm³/mol. The number of benzene rings is 3. The third-order valence-electron chi connectivity index (χ3n) is 7.67. The number of rotatable bonds is 10. The largest absolute Gasteiger partial charge is 0.550 e. The van der Waals surface area contributed by atoms with Crippen molar-refractivity contribution in [2.45, 2.75) is 25.2 Å². The average Bonchev–Trinajstić information content (AvgIpc) is 3.62. The molecular weight excluding hydrogens is 538 g/mol. The number of nitrogens with zero attached hydrogens (tertiary/aromatic N) is 1. The minimum Gasteiger partial charge on any atom is -0.550 e. The summed E-state index contributed by atoms with van der Waals surface area (Å²) in [6.45, 7) is 2.64. The molecule has 3 atom stereocenters. The molecule has 1 aliphatic carbocycles. The summed E-state index contributed by atoms with van der Waals surface area (Å²) in [6.07, 6.45) is 4.44. The van der Waals surface area contributed by atoms with Crippen LogP contribution in [0.5, 0.6) is 34.5 Å². The van der Waals surface area contributed by atoms with Crippen molar-refractivity contribution >= 4 is 12.3 Å². The Balaban J connectivity index is 1.54. The summed E-state index contributed by atoms with van der Waals surface area (Å²) in [6, 6.07) is 17.9. The van der Waals surface area contributed by atoms with Crippen molar-refractivity contribution in [1.82, 2.24) is 4.98 Å². The monoisotopic (exact) mass is 566 g/mol. The van der Waals surface area contributed by atoms with Gasteiger partial charge < -0.3 is 33.6 Å². The smallest absolute Gasteiger partial charge is 0.231 e. The van der Waals surface area contributed by atoms with Crippen LogP contribution in [0.4, 0.5) is 0 Å². The first kappa shape index (κ1) is 27.1. The summed E-state index contributed by atoms with van der Waals surface area (Å²) < 4.78 is 28.8. The first-order valence-electron chi connectivity index (χ1n) is 13.6.